The summed E-state index contributed by atoms with van der Waals surface area (Å²) in [6.45, 7) is 5.72. The Morgan fingerprint density at radius 3 is 1.81 bits per heavy atom. The standard InChI is InChI=1S/C39H33NO7/c1-25(2)36(41)45-23-5-22-44-31-16-14-30(15-17-31)38(43)47-33-9-4-7-28-19-21-39(35(28)33)20-18-27-6-3-8-32(34(27)39)46-37(42)29-12-10-26(24-40)11-13-29/h3-4,6-17H,1,5,18-23H2,2H3. The lowest BCUT2D eigenvalue weighted by Crippen LogP contribution is -2.24. The molecule has 47 heavy (non-hydrogen) atoms. The van der Waals surface area contributed by atoms with E-state index in [1.54, 1.807) is 55.5 Å². The highest BCUT2D eigenvalue weighted by Gasteiger charge is 2.49. The van der Waals surface area contributed by atoms with Crippen LogP contribution in [0.3, 0.4) is 0 Å². The minimum Gasteiger partial charge on any atom is -0.493 e. The van der Waals surface area contributed by atoms with Crippen LogP contribution >= 0.6 is 0 Å². The maximum absolute atomic E-state index is 13.4. The minimum absolute atomic E-state index is 0.227. The number of carbonyl (C=O) groups excluding carboxylic acids is 3. The number of benzene rings is 4. The van der Waals surface area contributed by atoms with Gasteiger partial charge in [0.2, 0.25) is 0 Å². The molecule has 236 valence electrons. The molecule has 8 nitrogen and oxygen atoms in total. The summed E-state index contributed by atoms with van der Waals surface area (Å²) in [5.74, 6) is 0.157. The summed E-state index contributed by atoms with van der Waals surface area (Å²) < 4.78 is 22.9. The van der Waals surface area contributed by atoms with E-state index < -0.39 is 23.3 Å². The lowest BCUT2D eigenvalue weighted by atomic mass is 9.76. The van der Waals surface area contributed by atoms with Crippen molar-refractivity contribution < 1.29 is 33.3 Å². The fourth-order valence-corrected chi connectivity index (χ4v) is 6.50. The average Bonchev–Trinajstić information content (AvgIpc) is 3.66. The number of nitrogens with zero attached hydrogens (tertiary/aromatic N) is 1. The molecule has 0 saturated heterocycles. The zero-order chi connectivity index (χ0) is 33.0. The summed E-state index contributed by atoms with van der Waals surface area (Å²) in [7, 11) is 0. The predicted octanol–water partition coefficient (Wildman–Crippen LogP) is 7.06. The fourth-order valence-electron chi connectivity index (χ4n) is 6.50. The molecule has 0 aromatic heterocycles. The summed E-state index contributed by atoms with van der Waals surface area (Å²) in [5.41, 5.74) is 5.20. The number of fused-ring (bicyclic) bond motifs is 4. The molecule has 6 rings (SSSR count). The van der Waals surface area contributed by atoms with Gasteiger partial charge in [-0.1, -0.05) is 30.8 Å². The van der Waals surface area contributed by atoms with E-state index in [9.17, 15) is 14.4 Å². The van der Waals surface area contributed by atoms with Crippen molar-refractivity contribution in [1.29, 1.82) is 5.26 Å². The van der Waals surface area contributed by atoms with E-state index in [4.69, 9.17) is 24.2 Å². The number of ether oxygens (including phenoxy) is 4. The first-order valence-electron chi connectivity index (χ1n) is 15.5. The van der Waals surface area contributed by atoms with Crippen LogP contribution in [0.5, 0.6) is 17.2 Å². The van der Waals surface area contributed by atoms with Crippen molar-refractivity contribution in [1.82, 2.24) is 0 Å². The molecule has 4 aromatic rings. The van der Waals surface area contributed by atoms with Crippen LogP contribution in [-0.2, 0) is 27.8 Å². The first kappa shape index (κ1) is 31.3. The van der Waals surface area contributed by atoms with E-state index in [-0.39, 0.29) is 6.61 Å². The van der Waals surface area contributed by atoms with E-state index in [0.717, 1.165) is 47.9 Å². The van der Waals surface area contributed by atoms with Crippen LogP contribution in [0, 0.1) is 11.3 Å². The van der Waals surface area contributed by atoms with Crippen LogP contribution in [0.4, 0.5) is 0 Å². The molecule has 2 aliphatic carbocycles. The largest absolute Gasteiger partial charge is 0.493 e. The highest BCUT2D eigenvalue weighted by Crippen LogP contribution is 2.57. The van der Waals surface area contributed by atoms with Crippen molar-refractivity contribution in [2.45, 2.75) is 44.4 Å². The molecule has 4 aromatic carbocycles. The van der Waals surface area contributed by atoms with Gasteiger partial charge >= 0.3 is 17.9 Å². The summed E-state index contributed by atoms with van der Waals surface area (Å²) in [6.07, 6.45) is 3.72. The minimum atomic E-state index is -0.499. The zero-order valence-electron chi connectivity index (χ0n) is 26.0. The van der Waals surface area contributed by atoms with Crippen molar-refractivity contribution in [3.8, 4) is 23.3 Å². The van der Waals surface area contributed by atoms with Crippen LogP contribution in [-0.4, -0.2) is 31.1 Å². The van der Waals surface area contributed by atoms with Crippen LogP contribution in [0.1, 0.15) is 74.7 Å². The van der Waals surface area contributed by atoms with Crippen LogP contribution in [0.25, 0.3) is 0 Å². The number of aryl methyl sites for hydroxylation is 2. The van der Waals surface area contributed by atoms with Crippen molar-refractivity contribution >= 4 is 17.9 Å². The van der Waals surface area contributed by atoms with Crippen LogP contribution < -0.4 is 14.2 Å². The molecule has 1 atom stereocenters. The van der Waals surface area contributed by atoms with Gasteiger partial charge in [-0.3, -0.25) is 0 Å². The quantitative estimate of drug-likeness (QED) is 0.0795. The van der Waals surface area contributed by atoms with Crippen molar-refractivity contribution in [2.24, 2.45) is 0 Å². The second-order valence-corrected chi connectivity index (χ2v) is 11.8. The van der Waals surface area contributed by atoms with Gasteiger partial charge in [-0.15, -0.1) is 0 Å². The van der Waals surface area contributed by atoms with E-state index in [1.165, 1.54) is 0 Å². The Morgan fingerprint density at radius 2 is 1.30 bits per heavy atom. The molecule has 0 radical (unpaired) electrons. The van der Waals surface area contributed by atoms with E-state index in [2.05, 4.69) is 24.8 Å². The van der Waals surface area contributed by atoms with Crippen molar-refractivity contribution in [2.75, 3.05) is 13.2 Å². The third-order valence-electron chi connectivity index (χ3n) is 8.71. The molecular weight excluding hydrogens is 594 g/mol. The molecule has 0 N–H and O–H groups in total. The third kappa shape index (κ3) is 6.38. The average molecular weight is 628 g/mol. The zero-order valence-corrected chi connectivity index (χ0v) is 26.0. The maximum atomic E-state index is 13.4. The molecule has 0 heterocycles. The third-order valence-corrected chi connectivity index (χ3v) is 8.71. The number of carbonyl (C=O) groups is 3. The molecule has 0 aliphatic heterocycles. The Balaban J connectivity index is 1.19. The van der Waals surface area contributed by atoms with Gasteiger partial charge in [0.15, 0.2) is 0 Å². The van der Waals surface area contributed by atoms with Gasteiger partial charge in [0.1, 0.15) is 17.2 Å². The fraction of sp³-hybridized carbons (Fsp3) is 0.231. The molecule has 0 bridgehead atoms. The lowest BCUT2D eigenvalue weighted by Gasteiger charge is -2.29. The predicted molar refractivity (Wildman–Crippen MR) is 174 cm³/mol. The van der Waals surface area contributed by atoms with Gasteiger partial charge in [0.25, 0.3) is 0 Å². The first-order chi connectivity index (χ1) is 22.8. The molecule has 2 aliphatic rings. The van der Waals surface area contributed by atoms with E-state index >= 15 is 0 Å². The topological polar surface area (TPSA) is 112 Å². The Hall–Kier alpha value is -5.68. The number of esters is 3. The second-order valence-electron chi connectivity index (χ2n) is 11.8. The van der Waals surface area contributed by atoms with Gasteiger partial charge in [-0.25, -0.2) is 14.4 Å². The number of hydrogen-bond acceptors (Lipinski definition) is 8. The van der Waals surface area contributed by atoms with Crippen LogP contribution in [0.15, 0.2) is 97.1 Å². The number of nitriles is 1. The van der Waals surface area contributed by atoms with E-state index in [1.807, 2.05) is 24.3 Å². The molecule has 1 unspecified atom stereocenters. The van der Waals surface area contributed by atoms with Crippen LogP contribution in [0.2, 0.25) is 0 Å². The summed E-state index contributed by atoms with van der Waals surface area (Å²) in [6, 6.07) is 26.7. The summed E-state index contributed by atoms with van der Waals surface area (Å²) in [4.78, 5) is 38.1. The van der Waals surface area contributed by atoms with E-state index in [0.29, 0.717) is 52.5 Å². The normalized spacial score (nSPS) is 15.7. The SMILES string of the molecule is C=C(C)C(=O)OCCCOc1ccc(C(=O)Oc2cccc3c2C2(CCc4cccc(OC(=O)c5ccc(C#N)cc5)c42)CC3)cc1. The smallest absolute Gasteiger partial charge is 0.343 e. The molecule has 0 amide bonds. The maximum Gasteiger partial charge on any atom is 0.343 e. The van der Waals surface area contributed by atoms with Crippen molar-refractivity contribution in [3.05, 3.63) is 136 Å². The Labute approximate surface area is 273 Å². The molecule has 0 saturated carbocycles. The summed E-state index contributed by atoms with van der Waals surface area (Å²) >= 11 is 0. The van der Waals surface area contributed by atoms with Gasteiger partial charge in [-0.05, 0) is 104 Å². The Morgan fingerprint density at radius 1 is 0.766 bits per heavy atom. The number of rotatable bonds is 10. The van der Waals surface area contributed by atoms with Crippen molar-refractivity contribution in [3.63, 3.8) is 0 Å². The van der Waals surface area contributed by atoms with Gasteiger partial charge in [-0.2, -0.15) is 5.26 Å². The monoisotopic (exact) mass is 627 g/mol. The second kappa shape index (κ2) is 13.4. The van der Waals surface area contributed by atoms with Gasteiger partial charge < -0.3 is 18.9 Å². The molecule has 8 heteroatoms. The highest BCUT2D eigenvalue weighted by atomic mass is 16.5. The van der Waals surface area contributed by atoms with Gasteiger partial charge in [0.05, 0.1) is 36.0 Å². The Bertz CT molecular complexity index is 1900. The first-order valence-corrected chi connectivity index (χ1v) is 15.5. The Kier molecular flexibility index (Phi) is 8.90. The molecule has 0 fully saturated rings. The lowest BCUT2D eigenvalue weighted by molar-refractivity contribution is -0.139. The molecule has 1 spiro atoms. The van der Waals surface area contributed by atoms with Gasteiger partial charge in [0, 0.05) is 28.5 Å². The highest BCUT2D eigenvalue weighted by molar-refractivity contribution is 5.92. The molecular formula is C39H33NO7. The summed E-state index contributed by atoms with van der Waals surface area (Å²) in [5, 5.41) is 9.11. The number of hydrogen-bond donors (Lipinski definition) is 0.